The lowest BCUT2D eigenvalue weighted by atomic mass is 9.91. The molecule has 0 unspecified atom stereocenters. The van der Waals surface area contributed by atoms with Gasteiger partial charge in [-0.2, -0.15) is 0 Å². The standard InChI is InChI=1S/C29H37Cl3N4O5S/c1-42(39,40)35-26(9-4-19-10-12-33-13-11-19)29(38)36-17-24(41-18-20-2-5-22(30)6-3-20)15-27(36)28(37)34-16-21-14-23(31)7-8-25(21)32/h2-3,5-8,14,19,24,26-27,33,35H,4,9-13,15-18H2,1H3,(H,34,37)/t24-,26-,27-/m1/s1. The number of rotatable bonds is 12. The number of piperidine rings is 1. The second-order valence-electron chi connectivity index (χ2n) is 11.0. The summed E-state index contributed by atoms with van der Waals surface area (Å²) in [6, 6.07) is 10.4. The van der Waals surface area contributed by atoms with Crippen LogP contribution in [0.1, 0.15) is 43.2 Å². The summed E-state index contributed by atoms with van der Waals surface area (Å²) in [5.41, 5.74) is 1.54. The van der Waals surface area contributed by atoms with E-state index in [1.807, 2.05) is 12.1 Å². The third kappa shape index (κ3) is 9.80. The van der Waals surface area contributed by atoms with Gasteiger partial charge in [-0.15, -0.1) is 0 Å². The van der Waals surface area contributed by atoms with Crippen molar-refractivity contribution >= 4 is 56.6 Å². The maximum atomic E-state index is 13.9. The predicted molar refractivity (Wildman–Crippen MR) is 165 cm³/mol. The number of halogens is 3. The maximum Gasteiger partial charge on any atom is 0.243 e. The average Bonchev–Trinajstić information content (AvgIpc) is 3.39. The van der Waals surface area contributed by atoms with Gasteiger partial charge in [-0.25, -0.2) is 13.1 Å². The fourth-order valence-corrected chi connectivity index (χ4v) is 6.69. The SMILES string of the molecule is CS(=O)(=O)N[C@H](CCC1CCNCC1)C(=O)N1C[C@H](OCc2ccc(Cl)cc2)C[C@@H]1C(=O)NCc1cc(Cl)ccc1Cl. The highest BCUT2D eigenvalue weighted by molar-refractivity contribution is 7.88. The van der Waals surface area contributed by atoms with E-state index in [9.17, 15) is 18.0 Å². The monoisotopic (exact) mass is 658 g/mol. The number of carbonyl (C=O) groups excluding carboxylic acids is 2. The van der Waals surface area contributed by atoms with Crippen LogP contribution < -0.4 is 15.4 Å². The first-order valence-corrected chi connectivity index (χ1v) is 17.1. The summed E-state index contributed by atoms with van der Waals surface area (Å²) < 4.78 is 33.2. The molecule has 2 aromatic carbocycles. The first kappa shape index (κ1) is 33.0. The second kappa shape index (κ2) is 15.2. The van der Waals surface area contributed by atoms with Crippen molar-refractivity contribution in [3.8, 4) is 0 Å². The molecule has 42 heavy (non-hydrogen) atoms. The highest BCUT2D eigenvalue weighted by Crippen LogP contribution is 2.26. The average molecular weight is 660 g/mol. The molecule has 2 saturated heterocycles. The molecule has 2 aliphatic rings. The molecule has 2 heterocycles. The van der Waals surface area contributed by atoms with E-state index < -0.39 is 34.1 Å². The number of hydrogen-bond donors (Lipinski definition) is 3. The smallest absolute Gasteiger partial charge is 0.243 e. The maximum absolute atomic E-state index is 13.9. The first-order valence-electron chi connectivity index (χ1n) is 14.0. The van der Waals surface area contributed by atoms with E-state index in [2.05, 4.69) is 15.4 Å². The fraction of sp³-hybridized carbons (Fsp3) is 0.517. The Kier molecular flexibility index (Phi) is 11.9. The third-order valence-corrected chi connectivity index (χ3v) is 9.25. The van der Waals surface area contributed by atoms with Crippen molar-refractivity contribution in [3.05, 3.63) is 68.7 Å². The van der Waals surface area contributed by atoms with Crippen molar-refractivity contribution in [2.24, 2.45) is 5.92 Å². The Labute approximate surface area is 262 Å². The third-order valence-electron chi connectivity index (χ3n) is 7.68. The summed E-state index contributed by atoms with van der Waals surface area (Å²) in [6.45, 7) is 2.35. The number of hydrogen-bond acceptors (Lipinski definition) is 6. The minimum atomic E-state index is -3.69. The van der Waals surface area contributed by atoms with Gasteiger partial charge in [0, 0.05) is 34.6 Å². The lowest BCUT2D eigenvalue weighted by Gasteiger charge is -2.30. The van der Waals surface area contributed by atoms with Crippen LogP contribution in [0.2, 0.25) is 15.1 Å². The molecule has 2 fully saturated rings. The Hall–Kier alpha value is -1.92. The molecular formula is C29H37Cl3N4O5S. The van der Waals surface area contributed by atoms with Crippen molar-refractivity contribution in [1.82, 2.24) is 20.3 Å². The molecular weight excluding hydrogens is 623 g/mol. The van der Waals surface area contributed by atoms with Crippen LogP contribution in [0.4, 0.5) is 0 Å². The second-order valence-corrected chi connectivity index (χ2v) is 14.0. The molecule has 3 N–H and O–H groups in total. The summed E-state index contributed by atoms with van der Waals surface area (Å²) in [7, 11) is -3.69. The Balaban J connectivity index is 1.50. The van der Waals surface area contributed by atoms with Gasteiger partial charge in [-0.1, -0.05) is 46.9 Å². The normalized spacial score (nSPS) is 20.4. The largest absolute Gasteiger partial charge is 0.372 e. The minimum absolute atomic E-state index is 0.119. The molecule has 4 rings (SSSR count). The lowest BCUT2D eigenvalue weighted by Crippen LogP contribution is -2.53. The van der Waals surface area contributed by atoms with Crippen LogP contribution in [-0.4, -0.2) is 69.2 Å². The van der Waals surface area contributed by atoms with E-state index in [1.54, 1.807) is 30.3 Å². The summed E-state index contributed by atoms with van der Waals surface area (Å²) in [6.07, 6.45) is 3.86. The van der Waals surface area contributed by atoms with Crippen LogP contribution in [0.3, 0.4) is 0 Å². The van der Waals surface area contributed by atoms with E-state index in [0.717, 1.165) is 37.8 Å². The van der Waals surface area contributed by atoms with Gasteiger partial charge in [0.1, 0.15) is 12.1 Å². The van der Waals surface area contributed by atoms with Crippen molar-refractivity contribution in [3.63, 3.8) is 0 Å². The van der Waals surface area contributed by atoms with Crippen molar-refractivity contribution in [2.75, 3.05) is 25.9 Å². The van der Waals surface area contributed by atoms with Crippen LogP contribution in [0, 0.1) is 5.92 Å². The number of amides is 2. The summed E-state index contributed by atoms with van der Waals surface area (Å²) >= 11 is 18.4. The lowest BCUT2D eigenvalue weighted by molar-refractivity contribution is -0.140. The molecule has 0 aromatic heterocycles. The number of sulfonamides is 1. The molecule has 9 nitrogen and oxygen atoms in total. The zero-order valence-corrected chi connectivity index (χ0v) is 26.5. The fourth-order valence-electron chi connectivity index (χ4n) is 5.45. The van der Waals surface area contributed by atoms with Crippen LogP contribution in [0.5, 0.6) is 0 Å². The molecule has 0 radical (unpaired) electrons. The van der Waals surface area contributed by atoms with Crippen molar-refractivity contribution < 1.29 is 22.7 Å². The molecule has 2 aliphatic heterocycles. The highest BCUT2D eigenvalue weighted by Gasteiger charge is 2.42. The van der Waals surface area contributed by atoms with E-state index in [1.165, 1.54) is 4.90 Å². The molecule has 13 heteroatoms. The van der Waals surface area contributed by atoms with Gasteiger partial charge >= 0.3 is 0 Å². The van der Waals surface area contributed by atoms with E-state index in [-0.39, 0.29) is 32.0 Å². The number of ether oxygens (including phenoxy) is 1. The van der Waals surface area contributed by atoms with Crippen LogP contribution >= 0.6 is 34.8 Å². The van der Waals surface area contributed by atoms with Gasteiger partial charge in [0.05, 0.1) is 19.0 Å². The molecule has 0 aliphatic carbocycles. The Morgan fingerprint density at radius 3 is 2.45 bits per heavy atom. The van der Waals surface area contributed by atoms with Gasteiger partial charge in [-0.3, -0.25) is 9.59 Å². The molecule has 3 atom stereocenters. The van der Waals surface area contributed by atoms with Crippen LogP contribution in [0.15, 0.2) is 42.5 Å². The molecule has 0 bridgehead atoms. The highest BCUT2D eigenvalue weighted by atomic mass is 35.5. The van der Waals surface area contributed by atoms with Crippen LogP contribution in [0.25, 0.3) is 0 Å². The zero-order valence-electron chi connectivity index (χ0n) is 23.5. The minimum Gasteiger partial charge on any atom is -0.372 e. The van der Waals surface area contributed by atoms with Gasteiger partial charge in [0.15, 0.2) is 0 Å². The molecule has 2 aromatic rings. The van der Waals surface area contributed by atoms with Crippen molar-refractivity contribution in [1.29, 1.82) is 0 Å². The summed E-state index contributed by atoms with van der Waals surface area (Å²) in [4.78, 5) is 28.9. The zero-order chi connectivity index (χ0) is 30.3. The number of nitrogens with zero attached hydrogens (tertiary/aromatic N) is 1. The number of benzene rings is 2. The first-order chi connectivity index (χ1) is 20.0. The molecule has 2 amide bonds. The molecule has 0 spiro atoms. The van der Waals surface area contributed by atoms with Gasteiger partial charge in [-0.05, 0) is 86.1 Å². The van der Waals surface area contributed by atoms with Crippen molar-refractivity contribution in [2.45, 2.75) is 63.4 Å². The van der Waals surface area contributed by atoms with E-state index in [0.29, 0.717) is 39.4 Å². The van der Waals surface area contributed by atoms with Gasteiger partial charge in [0.2, 0.25) is 21.8 Å². The molecule has 0 saturated carbocycles. The topological polar surface area (TPSA) is 117 Å². The van der Waals surface area contributed by atoms with E-state index >= 15 is 0 Å². The predicted octanol–water partition coefficient (Wildman–Crippen LogP) is 4.15. The quantitative estimate of drug-likeness (QED) is 0.315. The van der Waals surface area contributed by atoms with Crippen LogP contribution in [-0.2, 0) is 37.5 Å². The Morgan fingerprint density at radius 2 is 1.76 bits per heavy atom. The summed E-state index contributed by atoms with van der Waals surface area (Å²) in [5.74, 6) is -0.417. The number of carbonyl (C=O) groups is 2. The summed E-state index contributed by atoms with van der Waals surface area (Å²) in [5, 5.41) is 7.75. The molecule has 230 valence electrons. The Morgan fingerprint density at radius 1 is 1.07 bits per heavy atom. The van der Waals surface area contributed by atoms with Gasteiger partial charge < -0.3 is 20.3 Å². The van der Waals surface area contributed by atoms with E-state index in [4.69, 9.17) is 39.5 Å². The Bertz CT molecular complexity index is 1340. The van der Waals surface area contributed by atoms with Gasteiger partial charge in [0.25, 0.3) is 0 Å². The number of nitrogens with one attached hydrogen (secondary N) is 3. The number of likely N-dealkylation sites (tertiary alicyclic amines) is 1.